The van der Waals surface area contributed by atoms with E-state index in [2.05, 4.69) is 30.9 Å². The van der Waals surface area contributed by atoms with Gasteiger partial charge >= 0.3 is 5.91 Å². The maximum Gasteiger partial charge on any atom is 0.303 e. The lowest BCUT2D eigenvalue weighted by Crippen LogP contribution is -2.28. The molecule has 0 radical (unpaired) electrons. The smallest absolute Gasteiger partial charge is 0.303 e. The molecule has 0 aliphatic carbocycles. The molecule has 4 aromatic rings. The molecule has 10 nitrogen and oxygen atoms in total. The normalized spacial score (nSPS) is 14.0. The van der Waals surface area contributed by atoms with E-state index in [4.69, 9.17) is 0 Å². The average Bonchev–Trinajstić information content (AvgIpc) is 3.70. The average molecular weight is 544 g/mol. The molecular weight excluding hydrogens is 522 g/mol. The highest BCUT2D eigenvalue weighted by molar-refractivity contribution is 7.17. The second kappa shape index (κ2) is 11.7. The third-order valence-electron chi connectivity index (χ3n) is 5.39. The molecule has 0 saturated carbocycles. The summed E-state index contributed by atoms with van der Waals surface area (Å²) < 4.78 is 0. The predicted octanol–water partition coefficient (Wildman–Crippen LogP) is 4.19. The van der Waals surface area contributed by atoms with Crippen LogP contribution in [-0.4, -0.2) is 46.0 Å². The van der Waals surface area contributed by atoms with Crippen LogP contribution in [0.2, 0.25) is 0 Å². The van der Waals surface area contributed by atoms with Gasteiger partial charge in [-0.05, 0) is 6.42 Å². The van der Waals surface area contributed by atoms with E-state index < -0.39 is 5.91 Å². The molecule has 38 heavy (non-hydrogen) atoms. The lowest BCUT2D eigenvalue weighted by molar-refractivity contribution is -0.112. The summed E-state index contributed by atoms with van der Waals surface area (Å²) >= 11 is 2.41. The van der Waals surface area contributed by atoms with Crippen molar-refractivity contribution >= 4 is 62.5 Å². The van der Waals surface area contributed by atoms with Crippen LogP contribution in [0.4, 0.5) is 10.3 Å². The lowest BCUT2D eigenvalue weighted by Gasteiger charge is -2.06. The van der Waals surface area contributed by atoms with Gasteiger partial charge in [0.1, 0.15) is 16.9 Å². The number of amides is 2. The number of nitrogens with one attached hydrogen (secondary N) is 2. The molecule has 2 amide bonds. The highest BCUT2D eigenvalue weighted by Gasteiger charge is 2.36. The monoisotopic (exact) mass is 543 g/mol. The van der Waals surface area contributed by atoms with E-state index in [0.717, 1.165) is 34.4 Å². The van der Waals surface area contributed by atoms with Crippen LogP contribution < -0.4 is 15.8 Å². The molecule has 0 unspecified atom stereocenters. The quantitative estimate of drug-likeness (QED) is 0.175. The molecule has 0 bridgehead atoms. The molecule has 0 spiro atoms. The number of anilines is 2. The van der Waals surface area contributed by atoms with Crippen molar-refractivity contribution in [2.75, 3.05) is 17.0 Å². The van der Waals surface area contributed by atoms with Gasteiger partial charge in [0.2, 0.25) is 10.3 Å². The summed E-state index contributed by atoms with van der Waals surface area (Å²) in [5, 5.41) is 15.5. The Balaban J connectivity index is 1.37. The van der Waals surface area contributed by atoms with E-state index in [9.17, 15) is 14.4 Å². The largest absolute Gasteiger partial charge is 0.351 e. The number of thiazole rings is 2. The van der Waals surface area contributed by atoms with Crippen molar-refractivity contribution < 1.29 is 14.4 Å². The summed E-state index contributed by atoms with van der Waals surface area (Å²) in [7, 11) is 0. The van der Waals surface area contributed by atoms with Gasteiger partial charge in [-0.25, -0.2) is 9.97 Å². The number of nitrogens with zero attached hydrogens (tertiary/aromatic N) is 5. The predicted molar refractivity (Wildman–Crippen MR) is 149 cm³/mol. The number of aromatic nitrogens is 2. The number of unbranched alkanes of at least 4 members (excludes halogenated alkanes) is 1. The van der Waals surface area contributed by atoms with Crippen molar-refractivity contribution in [1.29, 1.82) is 0 Å². The molecule has 12 heteroatoms. The lowest BCUT2D eigenvalue weighted by atomic mass is 10.1. The first-order valence-corrected chi connectivity index (χ1v) is 13.3. The minimum Gasteiger partial charge on any atom is -0.351 e. The van der Waals surface area contributed by atoms with Gasteiger partial charge in [0, 0.05) is 29.5 Å². The molecule has 3 heterocycles. The van der Waals surface area contributed by atoms with E-state index >= 15 is 0 Å². The van der Waals surface area contributed by atoms with Gasteiger partial charge in [-0.15, -0.1) is 11.3 Å². The van der Waals surface area contributed by atoms with Gasteiger partial charge in [-0.1, -0.05) is 72.0 Å². The fourth-order valence-corrected chi connectivity index (χ4v) is 4.98. The summed E-state index contributed by atoms with van der Waals surface area (Å²) in [6.07, 6.45) is 3.20. The van der Waals surface area contributed by atoms with Crippen molar-refractivity contribution in [3.05, 3.63) is 82.7 Å². The van der Waals surface area contributed by atoms with E-state index in [1.165, 1.54) is 22.5 Å². The van der Waals surface area contributed by atoms with E-state index in [0.29, 0.717) is 40.2 Å². The third kappa shape index (κ3) is 5.56. The Hall–Kier alpha value is -4.55. The Morgan fingerprint density at radius 1 is 1.05 bits per heavy atom. The third-order valence-corrected chi connectivity index (χ3v) is 7.10. The molecule has 0 saturated heterocycles. The Kier molecular flexibility index (Phi) is 7.71. The summed E-state index contributed by atoms with van der Waals surface area (Å²) in [6, 6.07) is 19.0. The van der Waals surface area contributed by atoms with Crippen molar-refractivity contribution in [1.82, 2.24) is 15.3 Å². The maximum absolute atomic E-state index is 13.4. The van der Waals surface area contributed by atoms with E-state index in [1.54, 1.807) is 0 Å². The Bertz CT molecular complexity index is 1510. The van der Waals surface area contributed by atoms with Crippen LogP contribution in [0, 0.1) is 0 Å². The van der Waals surface area contributed by atoms with Crippen LogP contribution in [0.15, 0.2) is 82.4 Å². The summed E-state index contributed by atoms with van der Waals surface area (Å²) in [5.74, 6) is -0.725. The molecular formula is C26H21N7O3S2. The number of hydrogen-bond donors (Lipinski definition) is 2. The fourth-order valence-electron chi connectivity index (χ4n) is 3.53. The van der Waals surface area contributed by atoms with Gasteiger partial charge < -0.3 is 10.1 Å². The van der Waals surface area contributed by atoms with E-state index in [1.807, 2.05) is 66.0 Å². The second-order valence-corrected chi connectivity index (χ2v) is 9.85. The highest BCUT2D eigenvalue weighted by Crippen LogP contribution is 2.30. The maximum atomic E-state index is 13.4. The van der Waals surface area contributed by atoms with Gasteiger partial charge in [0.25, 0.3) is 5.91 Å². The molecule has 2 N–H and O–H groups in total. The van der Waals surface area contributed by atoms with Gasteiger partial charge in [-0.2, -0.15) is 15.2 Å². The summed E-state index contributed by atoms with van der Waals surface area (Å²) in [6.45, 7) is 0.393. The first-order chi connectivity index (χ1) is 18.6. The van der Waals surface area contributed by atoms with Crippen molar-refractivity contribution in [3.8, 4) is 11.3 Å². The number of carbonyl (C=O) groups excluding carboxylic acids is 3. The van der Waals surface area contributed by atoms with Crippen molar-refractivity contribution in [2.45, 2.75) is 12.8 Å². The zero-order valence-electron chi connectivity index (χ0n) is 19.9. The number of rotatable bonds is 10. The Morgan fingerprint density at radius 2 is 1.79 bits per heavy atom. The van der Waals surface area contributed by atoms with Gasteiger partial charge in [-0.3, -0.25) is 15.0 Å². The molecule has 1 aliphatic rings. The molecule has 0 fully saturated rings. The topological polar surface area (TPSA) is 129 Å². The summed E-state index contributed by atoms with van der Waals surface area (Å²) in [5.41, 5.74) is 5.70. The molecule has 2 aromatic carbocycles. The highest BCUT2D eigenvalue weighted by atomic mass is 32.1. The van der Waals surface area contributed by atoms with Gasteiger partial charge in [0.15, 0.2) is 5.71 Å². The van der Waals surface area contributed by atoms with Crippen molar-refractivity contribution in [2.24, 2.45) is 10.2 Å². The van der Waals surface area contributed by atoms with Crippen LogP contribution in [-0.2, 0) is 9.59 Å². The molecule has 1 aliphatic heterocycles. The molecule has 190 valence electrons. The van der Waals surface area contributed by atoms with Crippen LogP contribution >= 0.6 is 22.7 Å². The molecule has 0 atom stereocenters. The van der Waals surface area contributed by atoms with E-state index in [-0.39, 0.29) is 11.6 Å². The number of hydrazone groups is 2. The number of benzene rings is 2. The Morgan fingerprint density at radius 3 is 2.53 bits per heavy atom. The second-order valence-electron chi connectivity index (χ2n) is 7.98. The van der Waals surface area contributed by atoms with Crippen LogP contribution in [0.5, 0.6) is 0 Å². The fraction of sp³-hybridized carbons (Fsp3) is 0.115. The molecule has 2 aromatic heterocycles. The van der Waals surface area contributed by atoms with Crippen LogP contribution in [0.25, 0.3) is 11.3 Å². The van der Waals surface area contributed by atoms with Crippen LogP contribution in [0.3, 0.4) is 0 Å². The van der Waals surface area contributed by atoms with Gasteiger partial charge in [0.05, 0.1) is 11.9 Å². The zero-order valence-corrected chi connectivity index (χ0v) is 21.5. The first-order valence-electron chi connectivity index (χ1n) is 11.6. The number of aldehydes is 1. The van der Waals surface area contributed by atoms with Crippen molar-refractivity contribution in [3.63, 3.8) is 0 Å². The minimum atomic E-state index is -0.435. The number of hydrogen-bond acceptors (Lipinski definition) is 10. The minimum absolute atomic E-state index is 0.0997. The first kappa shape index (κ1) is 25.1. The summed E-state index contributed by atoms with van der Waals surface area (Å²) in [4.78, 5) is 45.3. The zero-order chi connectivity index (χ0) is 26.3. The molecule has 5 rings (SSSR count). The number of carbonyl (C=O) groups is 3. The van der Waals surface area contributed by atoms with Crippen LogP contribution in [0.1, 0.15) is 28.1 Å². The standard InChI is InChI=1S/C26H21N7O3S2/c34-14-8-7-13-27-23(35)20-15-28-25(38-20)31-30-22-21(18-11-5-2-6-12-18)32-33(24(22)36)26-29-19(16-37-26)17-9-3-1-4-10-17/h1-6,9-12,14-16H,7-8,13H2,(H,27,35)(H,28,31)/b30-22+. The Labute approximate surface area is 225 Å². The SMILES string of the molecule is O=CCCCNC(=O)c1cnc(N/N=C2/C(=O)N(c3nc(-c4ccccc4)cs3)N=C2c2ccccc2)s1.